The van der Waals surface area contributed by atoms with Gasteiger partial charge in [-0.15, -0.1) is 0 Å². The number of hydrogen-bond acceptors (Lipinski definition) is 3. The molecule has 3 rings (SSSR count). The second-order valence-electron chi connectivity index (χ2n) is 6.09. The first-order valence-corrected chi connectivity index (χ1v) is 7.64. The highest BCUT2D eigenvalue weighted by Gasteiger charge is 2.42. The maximum atomic E-state index is 12.4. The summed E-state index contributed by atoms with van der Waals surface area (Å²) in [6.45, 7) is 2.13. The van der Waals surface area contributed by atoms with Crippen molar-refractivity contribution in [3.8, 4) is 0 Å². The van der Waals surface area contributed by atoms with Crippen molar-refractivity contribution < 1.29 is 14.3 Å². The number of likely N-dealkylation sites (tertiary alicyclic amines) is 1. The molecule has 21 heavy (non-hydrogen) atoms. The fraction of sp³-hybridized carbons (Fsp3) is 0.529. The lowest BCUT2D eigenvalue weighted by Crippen LogP contribution is -2.52. The lowest BCUT2D eigenvalue weighted by Gasteiger charge is -2.45. The number of nitrogens with zero attached hydrogens (tertiary/aromatic N) is 1. The zero-order valence-corrected chi connectivity index (χ0v) is 12.3. The molecular formula is C17H21NO3. The molecule has 0 radical (unpaired) electrons. The number of rotatable bonds is 3. The minimum Gasteiger partial charge on any atom is -0.462 e. The third-order valence-electron chi connectivity index (χ3n) is 4.60. The molecule has 2 fully saturated rings. The molecule has 1 amide bonds. The highest BCUT2D eigenvalue weighted by Crippen LogP contribution is 2.37. The molecule has 0 unspecified atom stereocenters. The normalized spacial score (nSPS) is 28.3. The second-order valence-corrected chi connectivity index (χ2v) is 6.09. The van der Waals surface area contributed by atoms with E-state index in [1.807, 2.05) is 23.1 Å². The first-order valence-electron chi connectivity index (χ1n) is 7.64. The van der Waals surface area contributed by atoms with E-state index < -0.39 is 0 Å². The minimum absolute atomic E-state index is 0.0680. The zero-order chi connectivity index (χ0) is 14.8. The van der Waals surface area contributed by atoms with Gasteiger partial charge in [-0.25, -0.2) is 0 Å². The molecule has 1 aliphatic heterocycles. The van der Waals surface area contributed by atoms with E-state index in [2.05, 4.69) is 12.1 Å². The Bertz CT molecular complexity index is 528. The van der Waals surface area contributed by atoms with Crippen LogP contribution >= 0.6 is 0 Å². The molecule has 0 spiro atoms. The van der Waals surface area contributed by atoms with E-state index in [1.165, 1.54) is 12.5 Å². The van der Waals surface area contributed by atoms with Gasteiger partial charge < -0.3 is 9.64 Å². The Morgan fingerprint density at radius 1 is 1.29 bits per heavy atom. The third-order valence-corrected chi connectivity index (χ3v) is 4.60. The predicted octanol–water partition coefficient (Wildman–Crippen LogP) is 2.52. The highest BCUT2D eigenvalue weighted by molar-refractivity contribution is 5.78. The van der Waals surface area contributed by atoms with Crippen molar-refractivity contribution in [3.05, 3.63) is 35.9 Å². The van der Waals surface area contributed by atoms with Gasteiger partial charge in [0.2, 0.25) is 5.91 Å². The molecule has 1 aliphatic carbocycles. The summed E-state index contributed by atoms with van der Waals surface area (Å²) in [5, 5.41) is 0. The molecule has 4 nitrogen and oxygen atoms in total. The quantitative estimate of drug-likeness (QED) is 0.803. The van der Waals surface area contributed by atoms with E-state index in [0.717, 1.165) is 19.3 Å². The van der Waals surface area contributed by atoms with Crippen LogP contribution in [0.4, 0.5) is 0 Å². The van der Waals surface area contributed by atoms with Gasteiger partial charge in [-0.05, 0) is 24.8 Å². The van der Waals surface area contributed by atoms with Crippen LogP contribution in [0.25, 0.3) is 0 Å². The average molecular weight is 287 g/mol. The van der Waals surface area contributed by atoms with Crippen LogP contribution in [0.5, 0.6) is 0 Å². The number of ether oxygens (including phenoxy) is 1. The van der Waals surface area contributed by atoms with Gasteiger partial charge in [0.05, 0.1) is 0 Å². The molecular weight excluding hydrogens is 266 g/mol. The summed E-state index contributed by atoms with van der Waals surface area (Å²) in [5.74, 6) is 0.154. The van der Waals surface area contributed by atoms with Crippen molar-refractivity contribution in [2.75, 3.05) is 0 Å². The Morgan fingerprint density at radius 3 is 2.76 bits per heavy atom. The minimum atomic E-state index is -0.238. The van der Waals surface area contributed by atoms with E-state index >= 15 is 0 Å². The summed E-state index contributed by atoms with van der Waals surface area (Å²) in [6, 6.07) is 10.4. The van der Waals surface area contributed by atoms with Crippen molar-refractivity contribution in [2.45, 2.75) is 51.3 Å². The Morgan fingerprint density at radius 2 is 2.05 bits per heavy atom. The number of hydrogen-bond donors (Lipinski definition) is 0. The zero-order valence-electron chi connectivity index (χ0n) is 12.3. The van der Waals surface area contributed by atoms with Crippen molar-refractivity contribution >= 4 is 11.9 Å². The smallest absolute Gasteiger partial charge is 0.302 e. The van der Waals surface area contributed by atoms with Crippen LogP contribution in [0.2, 0.25) is 0 Å². The first kappa shape index (κ1) is 14.1. The monoisotopic (exact) mass is 287 g/mol. The van der Waals surface area contributed by atoms with E-state index in [0.29, 0.717) is 19.0 Å². The summed E-state index contributed by atoms with van der Waals surface area (Å²) in [6.07, 6.45) is 3.18. The van der Waals surface area contributed by atoms with Gasteiger partial charge in [0.1, 0.15) is 6.10 Å². The van der Waals surface area contributed by atoms with E-state index in [1.54, 1.807) is 0 Å². The van der Waals surface area contributed by atoms with Gasteiger partial charge >= 0.3 is 5.97 Å². The SMILES string of the molecule is CC(=O)O[C@@H]1CC[C@@H]2C[C@H]1CC(=O)N2Cc1ccccc1. The van der Waals surface area contributed by atoms with Crippen molar-refractivity contribution in [2.24, 2.45) is 5.92 Å². The number of amides is 1. The number of carbonyl (C=O) groups excluding carboxylic acids is 2. The van der Waals surface area contributed by atoms with Crippen LogP contribution in [0.3, 0.4) is 0 Å². The average Bonchev–Trinajstić information content (AvgIpc) is 2.46. The van der Waals surface area contributed by atoms with Gasteiger partial charge in [0, 0.05) is 31.8 Å². The molecule has 0 aromatic heterocycles. The summed E-state index contributed by atoms with van der Waals surface area (Å²) >= 11 is 0. The molecule has 1 saturated heterocycles. The first-order chi connectivity index (χ1) is 10.1. The molecule has 0 N–H and O–H groups in total. The standard InChI is InChI=1S/C17H21NO3/c1-12(19)21-16-8-7-15-9-14(16)10-17(20)18(15)11-13-5-3-2-4-6-13/h2-6,14-16H,7-11H2,1H3/t14-,15+,16+/m0/s1. The van der Waals surface area contributed by atoms with Crippen LogP contribution in [0, 0.1) is 5.92 Å². The molecule has 1 aromatic carbocycles. The van der Waals surface area contributed by atoms with Gasteiger partial charge in [-0.1, -0.05) is 30.3 Å². The fourth-order valence-electron chi connectivity index (χ4n) is 3.62. The van der Waals surface area contributed by atoms with Gasteiger partial charge in [-0.2, -0.15) is 0 Å². The molecule has 3 atom stereocenters. The number of fused-ring (bicyclic) bond motifs is 2. The van der Waals surface area contributed by atoms with Crippen LogP contribution < -0.4 is 0 Å². The Hall–Kier alpha value is -1.84. The van der Waals surface area contributed by atoms with Crippen molar-refractivity contribution in [3.63, 3.8) is 0 Å². The van der Waals surface area contributed by atoms with Crippen LogP contribution in [-0.2, 0) is 20.9 Å². The Balaban J connectivity index is 1.68. The summed E-state index contributed by atoms with van der Waals surface area (Å²) in [5.41, 5.74) is 1.17. The molecule has 112 valence electrons. The lowest BCUT2D eigenvalue weighted by atomic mass is 9.77. The summed E-state index contributed by atoms with van der Waals surface area (Å²) in [4.78, 5) is 25.6. The largest absolute Gasteiger partial charge is 0.462 e. The van der Waals surface area contributed by atoms with Gasteiger partial charge in [0.15, 0.2) is 0 Å². The Labute approximate surface area is 125 Å². The predicted molar refractivity (Wildman–Crippen MR) is 78.3 cm³/mol. The molecule has 1 heterocycles. The lowest BCUT2D eigenvalue weighted by molar-refractivity contribution is -0.160. The van der Waals surface area contributed by atoms with Crippen LogP contribution in [-0.4, -0.2) is 28.9 Å². The van der Waals surface area contributed by atoms with Crippen molar-refractivity contribution in [1.29, 1.82) is 0 Å². The van der Waals surface area contributed by atoms with Gasteiger partial charge in [0.25, 0.3) is 0 Å². The molecule has 2 aliphatic rings. The van der Waals surface area contributed by atoms with E-state index in [-0.39, 0.29) is 23.9 Å². The third kappa shape index (κ3) is 3.09. The summed E-state index contributed by atoms with van der Waals surface area (Å²) in [7, 11) is 0. The topological polar surface area (TPSA) is 46.6 Å². The Kier molecular flexibility index (Phi) is 3.95. The highest BCUT2D eigenvalue weighted by atomic mass is 16.5. The summed E-state index contributed by atoms with van der Waals surface area (Å²) < 4.78 is 5.37. The van der Waals surface area contributed by atoms with Gasteiger partial charge in [-0.3, -0.25) is 9.59 Å². The number of esters is 1. The van der Waals surface area contributed by atoms with Crippen molar-refractivity contribution in [1.82, 2.24) is 4.90 Å². The molecule has 4 heteroatoms. The van der Waals surface area contributed by atoms with Crippen LogP contribution in [0.1, 0.15) is 38.2 Å². The molecule has 1 saturated carbocycles. The number of benzene rings is 1. The second kappa shape index (κ2) is 5.88. The van der Waals surface area contributed by atoms with E-state index in [4.69, 9.17) is 4.74 Å². The number of carbonyl (C=O) groups is 2. The molecule has 2 bridgehead atoms. The van der Waals surface area contributed by atoms with Crippen LogP contribution in [0.15, 0.2) is 30.3 Å². The molecule has 1 aromatic rings. The maximum absolute atomic E-state index is 12.4. The maximum Gasteiger partial charge on any atom is 0.302 e. The fourth-order valence-corrected chi connectivity index (χ4v) is 3.62. The number of piperidine rings is 1. The van der Waals surface area contributed by atoms with E-state index in [9.17, 15) is 9.59 Å².